The van der Waals surface area contributed by atoms with E-state index in [2.05, 4.69) is 36.2 Å². The molecule has 0 spiro atoms. The monoisotopic (exact) mass is 313 g/mol. The largest absolute Gasteiger partial charge is 0.360 e. The predicted octanol–water partition coefficient (Wildman–Crippen LogP) is 3.78. The highest BCUT2D eigenvalue weighted by Crippen LogP contribution is 2.38. The summed E-state index contributed by atoms with van der Waals surface area (Å²) in [5, 5.41) is 6.83. The first-order valence-corrected chi connectivity index (χ1v) is 8.06. The normalized spacial score (nSPS) is 17.7. The van der Waals surface area contributed by atoms with Crippen molar-refractivity contribution in [3.05, 3.63) is 40.9 Å². The topological polar surface area (TPSA) is 68.0 Å². The molecule has 122 valence electrons. The van der Waals surface area contributed by atoms with Gasteiger partial charge in [-0.25, -0.2) is 4.98 Å². The van der Waals surface area contributed by atoms with Crippen LogP contribution in [0.1, 0.15) is 54.6 Å². The Bertz CT molecular complexity index is 728. The lowest BCUT2D eigenvalue weighted by molar-refractivity contribution is 0.101. The van der Waals surface area contributed by atoms with Gasteiger partial charge in [0, 0.05) is 18.2 Å². The van der Waals surface area contributed by atoms with Gasteiger partial charge in [0.25, 0.3) is 5.91 Å². The van der Waals surface area contributed by atoms with Crippen molar-refractivity contribution >= 4 is 11.7 Å². The molecule has 0 fully saturated rings. The number of nitrogens with zero attached hydrogens (tertiary/aromatic N) is 2. The maximum atomic E-state index is 12.5. The van der Waals surface area contributed by atoms with Crippen molar-refractivity contribution in [1.82, 2.24) is 10.1 Å². The van der Waals surface area contributed by atoms with Crippen LogP contribution in [0.2, 0.25) is 0 Å². The van der Waals surface area contributed by atoms with Crippen LogP contribution in [0.3, 0.4) is 0 Å². The third-order valence-corrected chi connectivity index (χ3v) is 4.64. The second-order valence-corrected chi connectivity index (χ2v) is 7.41. The second kappa shape index (κ2) is 5.80. The van der Waals surface area contributed by atoms with E-state index in [1.807, 2.05) is 19.1 Å². The van der Waals surface area contributed by atoms with Crippen LogP contribution in [0.5, 0.6) is 0 Å². The van der Waals surface area contributed by atoms with Gasteiger partial charge < -0.3 is 9.84 Å². The van der Waals surface area contributed by atoms with Crippen LogP contribution in [-0.2, 0) is 12.8 Å². The number of hydrogen-bond acceptors (Lipinski definition) is 4. The number of carbonyl (C=O) groups excluding carboxylic acids is 1. The van der Waals surface area contributed by atoms with Gasteiger partial charge in [-0.15, -0.1) is 0 Å². The van der Waals surface area contributed by atoms with Gasteiger partial charge in [0.2, 0.25) is 0 Å². The number of rotatable bonds is 2. The molecule has 5 nitrogen and oxygen atoms in total. The standard InChI is InChI=1S/C18H23N3O2/c1-11-7-8-19-15(9-11)20-17(22)16-13-10-12(18(2,3)4)5-6-14(13)23-21-16/h7-9,12H,5-6,10H2,1-4H3,(H,19,20,22). The van der Waals surface area contributed by atoms with Crippen molar-refractivity contribution in [2.24, 2.45) is 11.3 Å². The van der Waals surface area contributed by atoms with Gasteiger partial charge in [-0.2, -0.15) is 0 Å². The van der Waals surface area contributed by atoms with Gasteiger partial charge in [0.1, 0.15) is 11.6 Å². The molecule has 2 aromatic heterocycles. The van der Waals surface area contributed by atoms with E-state index in [0.29, 0.717) is 17.4 Å². The fourth-order valence-corrected chi connectivity index (χ4v) is 3.10. The van der Waals surface area contributed by atoms with Gasteiger partial charge in [-0.05, 0) is 48.8 Å². The first kappa shape index (κ1) is 15.7. The fraction of sp³-hybridized carbons (Fsp3) is 0.500. The highest BCUT2D eigenvalue weighted by Gasteiger charge is 2.34. The molecule has 3 rings (SSSR count). The first-order chi connectivity index (χ1) is 10.8. The molecule has 23 heavy (non-hydrogen) atoms. The van der Waals surface area contributed by atoms with Gasteiger partial charge in [-0.3, -0.25) is 4.79 Å². The Labute approximate surface area is 136 Å². The minimum absolute atomic E-state index is 0.209. The summed E-state index contributed by atoms with van der Waals surface area (Å²) >= 11 is 0. The number of amides is 1. The second-order valence-electron chi connectivity index (χ2n) is 7.41. The van der Waals surface area contributed by atoms with Crippen LogP contribution in [0.25, 0.3) is 0 Å². The summed E-state index contributed by atoms with van der Waals surface area (Å²) < 4.78 is 5.40. The van der Waals surface area contributed by atoms with E-state index in [0.717, 1.165) is 36.1 Å². The van der Waals surface area contributed by atoms with Crippen molar-refractivity contribution in [2.45, 2.75) is 47.0 Å². The Hall–Kier alpha value is -2.17. The molecule has 1 amide bonds. The Morgan fingerprint density at radius 2 is 2.17 bits per heavy atom. The van der Waals surface area contributed by atoms with Crippen molar-refractivity contribution in [3.63, 3.8) is 0 Å². The molecule has 1 atom stereocenters. The Balaban J connectivity index is 1.82. The van der Waals surface area contributed by atoms with Crippen molar-refractivity contribution in [1.29, 1.82) is 0 Å². The molecule has 0 radical (unpaired) electrons. The Morgan fingerprint density at radius 1 is 1.39 bits per heavy atom. The zero-order valence-electron chi connectivity index (χ0n) is 14.1. The lowest BCUT2D eigenvalue weighted by atomic mass is 9.71. The molecule has 1 aliphatic carbocycles. The lowest BCUT2D eigenvalue weighted by Crippen LogP contribution is -2.27. The zero-order valence-corrected chi connectivity index (χ0v) is 14.1. The molecule has 1 unspecified atom stereocenters. The van der Waals surface area contributed by atoms with Crippen molar-refractivity contribution in [2.75, 3.05) is 5.32 Å². The predicted molar refractivity (Wildman–Crippen MR) is 88.4 cm³/mol. The molecule has 2 heterocycles. The maximum Gasteiger partial charge on any atom is 0.279 e. The van der Waals surface area contributed by atoms with Gasteiger partial charge in [-0.1, -0.05) is 25.9 Å². The van der Waals surface area contributed by atoms with Crippen LogP contribution >= 0.6 is 0 Å². The van der Waals surface area contributed by atoms with Gasteiger partial charge >= 0.3 is 0 Å². The van der Waals surface area contributed by atoms with Crippen LogP contribution in [0.15, 0.2) is 22.9 Å². The molecule has 5 heteroatoms. The summed E-state index contributed by atoms with van der Waals surface area (Å²) in [6, 6.07) is 3.73. The van der Waals surface area contributed by atoms with Crippen molar-refractivity contribution in [3.8, 4) is 0 Å². The van der Waals surface area contributed by atoms with Crippen molar-refractivity contribution < 1.29 is 9.32 Å². The van der Waals surface area contributed by atoms with E-state index >= 15 is 0 Å². The van der Waals surface area contributed by atoms with E-state index in [4.69, 9.17) is 4.52 Å². The average Bonchev–Trinajstić information content (AvgIpc) is 2.89. The zero-order chi connectivity index (χ0) is 16.6. The summed E-state index contributed by atoms with van der Waals surface area (Å²) in [6.07, 6.45) is 4.44. The van der Waals surface area contributed by atoms with Gasteiger partial charge in [0.05, 0.1) is 0 Å². The van der Waals surface area contributed by atoms with Crippen LogP contribution < -0.4 is 5.32 Å². The summed E-state index contributed by atoms with van der Waals surface area (Å²) in [5.74, 6) is 1.67. The molecule has 0 aliphatic heterocycles. The number of aryl methyl sites for hydroxylation is 2. The number of carbonyl (C=O) groups is 1. The Kier molecular flexibility index (Phi) is 3.96. The minimum atomic E-state index is -0.248. The van der Waals surface area contributed by atoms with E-state index in [1.165, 1.54) is 0 Å². The summed E-state index contributed by atoms with van der Waals surface area (Å²) in [6.45, 7) is 8.69. The van der Waals surface area contributed by atoms with E-state index in [9.17, 15) is 4.79 Å². The van der Waals surface area contributed by atoms with E-state index in [1.54, 1.807) is 6.20 Å². The maximum absolute atomic E-state index is 12.5. The number of hydrogen-bond donors (Lipinski definition) is 1. The number of pyridine rings is 1. The molecule has 2 aromatic rings. The summed E-state index contributed by atoms with van der Waals surface area (Å²) in [4.78, 5) is 16.7. The number of nitrogens with one attached hydrogen (secondary N) is 1. The third kappa shape index (κ3) is 3.28. The Morgan fingerprint density at radius 3 is 2.87 bits per heavy atom. The highest BCUT2D eigenvalue weighted by molar-refractivity contribution is 6.03. The van der Waals surface area contributed by atoms with Crippen LogP contribution in [0, 0.1) is 18.3 Å². The molecule has 1 N–H and O–H groups in total. The number of aromatic nitrogens is 2. The third-order valence-electron chi connectivity index (χ3n) is 4.64. The minimum Gasteiger partial charge on any atom is -0.360 e. The smallest absolute Gasteiger partial charge is 0.279 e. The molecule has 1 aliphatic rings. The summed E-state index contributed by atoms with van der Waals surface area (Å²) in [5.41, 5.74) is 2.62. The molecule has 0 saturated carbocycles. The first-order valence-electron chi connectivity index (χ1n) is 8.06. The number of fused-ring (bicyclic) bond motifs is 1. The average molecular weight is 313 g/mol. The molecular weight excluding hydrogens is 290 g/mol. The molecule has 0 aromatic carbocycles. The van der Waals surface area contributed by atoms with Gasteiger partial charge in [0.15, 0.2) is 5.69 Å². The number of anilines is 1. The fourth-order valence-electron chi connectivity index (χ4n) is 3.10. The molecule has 0 bridgehead atoms. The molecule has 0 saturated heterocycles. The van der Waals surface area contributed by atoms with Crippen LogP contribution in [0.4, 0.5) is 5.82 Å². The van der Waals surface area contributed by atoms with E-state index in [-0.39, 0.29) is 11.3 Å². The quantitative estimate of drug-likeness (QED) is 0.916. The molecular formula is C18H23N3O2. The van der Waals surface area contributed by atoms with E-state index < -0.39 is 0 Å². The van der Waals surface area contributed by atoms with Crippen LogP contribution in [-0.4, -0.2) is 16.0 Å². The SMILES string of the molecule is Cc1ccnc(NC(=O)c2noc3c2CC(C(C)(C)C)CC3)c1. The highest BCUT2D eigenvalue weighted by atomic mass is 16.5. The summed E-state index contributed by atoms with van der Waals surface area (Å²) in [7, 11) is 0. The lowest BCUT2D eigenvalue weighted by Gasteiger charge is -2.33.